The summed E-state index contributed by atoms with van der Waals surface area (Å²) >= 11 is 3.74. The summed E-state index contributed by atoms with van der Waals surface area (Å²) in [5.74, 6) is 0. The van der Waals surface area contributed by atoms with E-state index < -0.39 is 0 Å². The summed E-state index contributed by atoms with van der Waals surface area (Å²) in [6.07, 6.45) is 4.69. The zero-order chi connectivity index (χ0) is 11.7. The fourth-order valence-corrected chi connectivity index (χ4v) is 3.42. The van der Waals surface area contributed by atoms with E-state index in [4.69, 9.17) is 9.73 Å². The van der Waals surface area contributed by atoms with Crippen LogP contribution in [0.15, 0.2) is 35.3 Å². The van der Waals surface area contributed by atoms with E-state index in [1.54, 1.807) is 0 Å². The van der Waals surface area contributed by atoms with Gasteiger partial charge in [-0.15, -0.1) is 0 Å². The van der Waals surface area contributed by atoms with Gasteiger partial charge in [-0.2, -0.15) is 0 Å². The number of rotatable bonds is 1. The lowest BCUT2D eigenvalue weighted by molar-refractivity contribution is -0.0213. The smallest absolute Gasteiger partial charge is 0.172 e. The molecule has 0 bridgehead atoms. The molecule has 1 aromatic rings. The van der Waals surface area contributed by atoms with Gasteiger partial charge >= 0.3 is 0 Å². The summed E-state index contributed by atoms with van der Waals surface area (Å²) in [7, 11) is 0. The Balaban J connectivity index is 1.90. The Kier molecular flexibility index (Phi) is 3.05. The van der Waals surface area contributed by atoms with E-state index in [1.165, 1.54) is 18.4 Å². The van der Waals surface area contributed by atoms with Gasteiger partial charge in [0.1, 0.15) is 0 Å². The zero-order valence-electron chi connectivity index (χ0n) is 9.73. The Hall–Kier alpha value is -0.670. The third kappa shape index (κ3) is 2.06. The molecule has 1 fully saturated rings. The van der Waals surface area contributed by atoms with Crippen molar-refractivity contribution in [3.8, 4) is 0 Å². The molecular weight excluding hydrogens is 278 g/mol. The Morgan fingerprint density at radius 2 is 2.06 bits per heavy atom. The van der Waals surface area contributed by atoms with Gasteiger partial charge in [0.25, 0.3) is 0 Å². The molecule has 0 saturated heterocycles. The van der Waals surface area contributed by atoms with Gasteiger partial charge in [-0.3, -0.25) is 4.99 Å². The minimum absolute atomic E-state index is 0.288. The molecule has 2 aliphatic rings. The average molecular weight is 294 g/mol. The van der Waals surface area contributed by atoms with E-state index in [2.05, 4.69) is 40.2 Å². The highest BCUT2D eigenvalue weighted by Gasteiger charge is 2.44. The number of hydrogen-bond acceptors (Lipinski definition) is 2. The Morgan fingerprint density at radius 3 is 2.82 bits per heavy atom. The zero-order valence-corrected chi connectivity index (χ0v) is 11.3. The molecule has 3 heteroatoms. The fraction of sp³-hybridized carbons (Fsp3) is 0.500. The maximum absolute atomic E-state index is 6.01. The monoisotopic (exact) mass is 293 g/mol. The highest BCUT2D eigenvalue weighted by molar-refractivity contribution is 9.09. The quantitative estimate of drug-likeness (QED) is 0.726. The molecule has 1 heterocycles. The topological polar surface area (TPSA) is 21.6 Å². The maximum atomic E-state index is 6.01. The van der Waals surface area contributed by atoms with Crippen LogP contribution in [-0.2, 0) is 4.74 Å². The molecule has 1 aliphatic heterocycles. The first-order valence-corrected chi connectivity index (χ1v) is 7.14. The Labute approximate surface area is 110 Å². The number of benzene rings is 1. The Bertz CT molecular complexity index is 431. The lowest BCUT2D eigenvalue weighted by Crippen LogP contribution is -2.39. The van der Waals surface area contributed by atoms with E-state index in [0.717, 1.165) is 18.6 Å². The highest BCUT2D eigenvalue weighted by Crippen LogP contribution is 2.40. The van der Waals surface area contributed by atoms with Gasteiger partial charge in [-0.1, -0.05) is 52.7 Å². The second kappa shape index (κ2) is 4.54. The van der Waals surface area contributed by atoms with Crippen molar-refractivity contribution in [2.75, 3.05) is 6.61 Å². The predicted octanol–water partition coefficient (Wildman–Crippen LogP) is 3.54. The molecule has 1 aromatic carbocycles. The third-order valence-corrected chi connectivity index (χ3v) is 4.80. The van der Waals surface area contributed by atoms with Gasteiger partial charge in [0, 0.05) is 0 Å². The normalized spacial score (nSPS) is 32.8. The minimum atomic E-state index is -0.288. The van der Waals surface area contributed by atoms with Crippen LogP contribution in [0.4, 0.5) is 0 Å². The molecule has 0 unspecified atom stereocenters. The highest BCUT2D eigenvalue weighted by atomic mass is 79.9. The van der Waals surface area contributed by atoms with Crippen molar-refractivity contribution in [2.45, 2.75) is 36.2 Å². The summed E-state index contributed by atoms with van der Waals surface area (Å²) < 4.78 is 6.01. The molecule has 3 rings (SSSR count). The van der Waals surface area contributed by atoms with Crippen LogP contribution in [0.1, 0.15) is 31.2 Å². The molecule has 0 amide bonds. The minimum Gasteiger partial charge on any atom is -0.346 e. The van der Waals surface area contributed by atoms with Crippen LogP contribution in [0.2, 0.25) is 0 Å². The van der Waals surface area contributed by atoms with Gasteiger partial charge in [-0.05, 0) is 24.8 Å². The first kappa shape index (κ1) is 11.4. The SMILES string of the molecule is Br[C@@H]1CCCC[C@]12N=C(c1ccccc1)CO2. The summed E-state index contributed by atoms with van der Waals surface area (Å²) in [4.78, 5) is 5.24. The standard InChI is InChI=1S/C14H16BrNO/c15-13-8-4-5-9-14(13)16-12(10-17-14)11-6-2-1-3-7-11/h1-3,6-7,13H,4-5,8-10H2/t13-,14-/m1/s1. The molecule has 17 heavy (non-hydrogen) atoms. The van der Waals surface area contributed by atoms with E-state index in [0.29, 0.717) is 11.4 Å². The van der Waals surface area contributed by atoms with Crippen molar-refractivity contribution in [3.63, 3.8) is 0 Å². The van der Waals surface area contributed by atoms with Crippen molar-refractivity contribution in [3.05, 3.63) is 35.9 Å². The van der Waals surface area contributed by atoms with Crippen LogP contribution < -0.4 is 0 Å². The van der Waals surface area contributed by atoms with Crippen LogP contribution in [0, 0.1) is 0 Å². The van der Waals surface area contributed by atoms with Gasteiger partial charge in [-0.25, -0.2) is 0 Å². The third-order valence-electron chi connectivity index (χ3n) is 3.62. The average Bonchev–Trinajstić information content (AvgIpc) is 2.80. The molecule has 2 nitrogen and oxygen atoms in total. The van der Waals surface area contributed by atoms with E-state index in [-0.39, 0.29) is 5.72 Å². The van der Waals surface area contributed by atoms with Crippen LogP contribution in [-0.4, -0.2) is 22.9 Å². The van der Waals surface area contributed by atoms with Crippen molar-refractivity contribution in [1.82, 2.24) is 0 Å². The van der Waals surface area contributed by atoms with Gasteiger partial charge in [0.15, 0.2) is 5.72 Å². The van der Waals surface area contributed by atoms with E-state index in [1.807, 2.05) is 6.07 Å². The largest absolute Gasteiger partial charge is 0.346 e. The van der Waals surface area contributed by atoms with Crippen LogP contribution in [0.25, 0.3) is 0 Å². The van der Waals surface area contributed by atoms with Crippen molar-refractivity contribution < 1.29 is 4.74 Å². The number of aliphatic imine (C=N–C) groups is 1. The molecule has 1 saturated carbocycles. The number of hydrogen-bond donors (Lipinski definition) is 0. The first-order chi connectivity index (χ1) is 8.30. The molecule has 1 aliphatic carbocycles. The number of nitrogens with zero attached hydrogens (tertiary/aromatic N) is 1. The maximum Gasteiger partial charge on any atom is 0.172 e. The second-order valence-corrected chi connectivity index (χ2v) is 5.88. The van der Waals surface area contributed by atoms with Crippen molar-refractivity contribution in [1.29, 1.82) is 0 Å². The van der Waals surface area contributed by atoms with Gasteiger partial charge in [0.2, 0.25) is 0 Å². The lowest BCUT2D eigenvalue weighted by Gasteiger charge is -2.34. The van der Waals surface area contributed by atoms with E-state index >= 15 is 0 Å². The van der Waals surface area contributed by atoms with Crippen LogP contribution >= 0.6 is 15.9 Å². The summed E-state index contributed by atoms with van der Waals surface area (Å²) in [5.41, 5.74) is 2.00. The lowest BCUT2D eigenvalue weighted by atomic mass is 9.92. The molecule has 2 atom stereocenters. The van der Waals surface area contributed by atoms with Crippen molar-refractivity contribution in [2.24, 2.45) is 4.99 Å². The first-order valence-electron chi connectivity index (χ1n) is 6.22. The van der Waals surface area contributed by atoms with Crippen LogP contribution in [0.5, 0.6) is 0 Å². The molecule has 0 N–H and O–H groups in total. The molecular formula is C14H16BrNO. The van der Waals surface area contributed by atoms with Crippen LogP contribution in [0.3, 0.4) is 0 Å². The predicted molar refractivity (Wildman–Crippen MR) is 72.8 cm³/mol. The molecule has 0 radical (unpaired) electrons. The number of ether oxygens (including phenoxy) is 1. The summed E-state index contributed by atoms with van der Waals surface area (Å²) in [6.45, 7) is 0.645. The second-order valence-electron chi connectivity index (χ2n) is 4.77. The van der Waals surface area contributed by atoms with Gasteiger partial charge in [0.05, 0.1) is 17.1 Å². The number of halogens is 1. The Morgan fingerprint density at radius 1 is 1.24 bits per heavy atom. The summed E-state index contributed by atoms with van der Waals surface area (Å²) in [5, 5.41) is 0. The summed E-state index contributed by atoms with van der Waals surface area (Å²) in [6, 6.07) is 10.3. The fourth-order valence-electron chi connectivity index (χ4n) is 2.64. The number of alkyl halides is 1. The van der Waals surface area contributed by atoms with Crippen molar-refractivity contribution >= 4 is 21.6 Å². The van der Waals surface area contributed by atoms with E-state index in [9.17, 15) is 0 Å². The molecule has 0 aromatic heterocycles. The van der Waals surface area contributed by atoms with Gasteiger partial charge < -0.3 is 4.74 Å². The molecule has 90 valence electrons. The molecule has 1 spiro atoms.